The predicted molar refractivity (Wildman–Crippen MR) is 70.1 cm³/mol. The fourth-order valence-electron chi connectivity index (χ4n) is 2.41. The quantitative estimate of drug-likeness (QED) is 0.264. The van der Waals surface area contributed by atoms with Crippen LogP contribution in [0.1, 0.15) is 0 Å². The molecule has 0 heterocycles. The summed E-state index contributed by atoms with van der Waals surface area (Å²) in [5.41, 5.74) is -13.4. The zero-order valence-corrected chi connectivity index (χ0v) is 15.1. The second-order valence-corrected chi connectivity index (χ2v) is 6.20. The number of hydrogen-bond donors (Lipinski definition) is 0. The molecule has 1 rings (SSSR count). The molecule has 1 aliphatic carbocycles. The third-order valence-corrected chi connectivity index (χ3v) is 4.30. The van der Waals surface area contributed by atoms with Crippen molar-refractivity contribution in [1.82, 2.24) is 0 Å². The largest absolute Gasteiger partial charge is 0.456 e. The topological polar surface area (TPSA) is 52.6 Å². The molecule has 0 radical (unpaired) electrons. The Morgan fingerprint density at radius 1 is 0.471 bits per heavy atom. The molecular weight excluding hydrogens is 536 g/mol. The standard InChI is InChI=1S/C14H4F16O4/c15-3(5(17)18)7(31)33-1-9(21)10(22,2-34-8(32)4(16)6(19)20)12(25,26)14(29,30)13(27,28)11(9,23)24/h1-2H2. The van der Waals surface area contributed by atoms with Crippen molar-refractivity contribution in [2.45, 2.75) is 35.0 Å². The van der Waals surface area contributed by atoms with Crippen molar-refractivity contribution in [3.8, 4) is 0 Å². The van der Waals surface area contributed by atoms with Gasteiger partial charge < -0.3 is 9.47 Å². The predicted octanol–water partition coefficient (Wildman–Crippen LogP) is 5.20. The Labute approximate surface area is 174 Å². The lowest BCUT2D eigenvalue weighted by molar-refractivity contribution is -0.468. The van der Waals surface area contributed by atoms with Gasteiger partial charge in [-0.15, -0.1) is 0 Å². The van der Waals surface area contributed by atoms with Crippen molar-refractivity contribution in [2.75, 3.05) is 13.2 Å². The summed E-state index contributed by atoms with van der Waals surface area (Å²) in [5, 5.41) is 0. The van der Waals surface area contributed by atoms with Crippen LogP contribution >= 0.6 is 0 Å². The summed E-state index contributed by atoms with van der Waals surface area (Å²) in [6, 6.07) is 0. The second kappa shape index (κ2) is 8.51. The van der Waals surface area contributed by atoms with Crippen LogP contribution in [-0.2, 0) is 19.1 Å². The molecule has 0 bridgehead atoms. The minimum Gasteiger partial charge on any atom is -0.456 e. The van der Waals surface area contributed by atoms with Gasteiger partial charge in [0.1, 0.15) is 13.2 Å². The molecule has 20 heteroatoms. The number of carbonyl (C=O) groups is 2. The molecule has 1 saturated carbocycles. The minimum absolute atomic E-state index is 2.98. The molecule has 2 unspecified atom stereocenters. The summed E-state index contributed by atoms with van der Waals surface area (Å²) in [6.45, 7) is -7.30. The molecule has 0 spiro atoms. The van der Waals surface area contributed by atoms with Crippen molar-refractivity contribution in [1.29, 1.82) is 0 Å². The monoisotopic (exact) mass is 540 g/mol. The Kier molecular flexibility index (Phi) is 7.34. The summed E-state index contributed by atoms with van der Waals surface area (Å²) in [7, 11) is 0. The number of rotatable bonds is 6. The van der Waals surface area contributed by atoms with Crippen LogP contribution in [0.25, 0.3) is 0 Å². The molecule has 0 aromatic heterocycles. The van der Waals surface area contributed by atoms with Crippen molar-refractivity contribution >= 4 is 11.9 Å². The lowest BCUT2D eigenvalue weighted by atomic mass is 9.66. The van der Waals surface area contributed by atoms with Gasteiger partial charge in [0.05, 0.1) is 0 Å². The zero-order chi connectivity index (χ0) is 27.3. The average molecular weight is 540 g/mol. The molecule has 196 valence electrons. The maximum Gasteiger partial charge on any atom is 0.381 e. The highest BCUT2D eigenvalue weighted by Gasteiger charge is 3.00. The number of alkyl halides is 10. The van der Waals surface area contributed by atoms with E-state index in [4.69, 9.17) is 0 Å². The molecule has 1 aliphatic rings. The van der Waals surface area contributed by atoms with Crippen LogP contribution in [0.5, 0.6) is 0 Å². The summed E-state index contributed by atoms with van der Waals surface area (Å²) < 4.78 is 219. The highest BCUT2D eigenvalue weighted by Crippen LogP contribution is 2.69. The molecule has 0 N–H and O–H groups in total. The summed E-state index contributed by atoms with van der Waals surface area (Å²) >= 11 is 0. The van der Waals surface area contributed by atoms with Gasteiger partial charge in [0.2, 0.25) is 0 Å². The Morgan fingerprint density at radius 2 is 0.706 bits per heavy atom. The molecule has 0 aromatic carbocycles. The Morgan fingerprint density at radius 3 is 0.912 bits per heavy atom. The van der Waals surface area contributed by atoms with E-state index in [1.165, 1.54) is 0 Å². The van der Waals surface area contributed by atoms with E-state index in [1.54, 1.807) is 0 Å². The maximum atomic E-state index is 14.9. The van der Waals surface area contributed by atoms with Crippen LogP contribution in [0.2, 0.25) is 0 Å². The van der Waals surface area contributed by atoms with Gasteiger partial charge in [0, 0.05) is 0 Å². The smallest absolute Gasteiger partial charge is 0.381 e. The Hall–Kier alpha value is -2.70. The van der Waals surface area contributed by atoms with Crippen LogP contribution < -0.4 is 0 Å². The van der Waals surface area contributed by atoms with E-state index in [0.29, 0.717) is 0 Å². The molecule has 1 fully saturated rings. The Balaban J connectivity index is 3.74. The first-order valence-corrected chi connectivity index (χ1v) is 7.62. The van der Waals surface area contributed by atoms with Crippen molar-refractivity contribution < 1.29 is 89.3 Å². The van der Waals surface area contributed by atoms with Crippen LogP contribution in [0.4, 0.5) is 70.2 Å². The third kappa shape index (κ3) is 3.73. The number of esters is 2. The van der Waals surface area contributed by atoms with E-state index in [2.05, 4.69) is 9.47 Å². The van der Waals surface area contributed by atoms with Crippen molar-refractivity contribution in [3.63, 3.8) is 0 Å². The van der Waals surface area contributed by atoms with E-state index in [1.807, 2.05) is 0 Å². The summed E-state index contributed by atoms with van der Waals surface area (Å²) in [6.07, 6.45) is -7.29. The normalized spacial score (nSPS) is 28.5. The van der Waals surface area contributed by atoms with Gasteiger partial charge in [-0.05, 0) is 0 Å². The number of carbonyl (C=O) groups excluding carboxylic acids is 2. The maximum absolute atomic E-state index is 14.9. The SMILES string of the molecule is O=C(OCC1(F)C(F)(F)C(F)(F)C(F)(F)C(F)(F)C1(F)COC(=O)C(F)=C(F)F)C(F)=C(F)F. The first-order chi connectivity index (χ1) is 15.0. The number of ether oxygens (including phenoxy) is 2. The zero-order valence-electron chi connectivity index (χ0n) is 15.1. The van der Waals surface area contributed by atoms with E-state index in [9.17, 15) is 79.8 Å². The molecule has 2 atom stereocenters. The molecule has 0 aliphatic heterocycles. The van der Waals surface area contributed by atoms with Crippen molar-refractivity contribution in [2.24, 2.45) is 0 Å². The van der Waals surface area contributed by atoms with Gasteiger partial charge in [0.25, 0.3) is 23.0 Å². The fraction of sp³-hybridized carbons (Fsp3) is 0.571. The van der Waals surface area contributed by atoms with Gasteiger partial charge in [-0.25, -0.2) is 18.4 Å². The lowest BCUT2D eigenvalue weighted by Gasteiger charge is -2.54. The highest BCUT2D eigenvalue weighted by atomic mass is 19.4. The van der Waals surface area contributed by atoms with Crippen LogP contribution in [-0.4, -0.2) is 60.2 Å². The summed E-state index contributed by atoms with van der Waals surface area (Å²) in [5.74, 6) is -43.3. The first kappa shape index (κ1) is 29.3. The number of halogens is 16. The number of hydrogen-bond acceptors (Lipinski definition) is 4. The van der Waals surface area contributed by atoms with E-state index in [-0.39, 0.29) is 0 Å². The minimum atomic E-state index is -7.58. The Bertz CT molecular complexity index is 845. The van der Waals surface area contributed by atoms with E-state index in [0.717, 1.165) is 0 Å². The third-order valence-electron chi connectivity index (χ3n) is 4.30. The molecule has 4 nitrogen and oxygen atoms in total. The molecular formula is C14H4F16O4. The molecule has 0 saturated heterocycles. The highest BCUT2D eigenvalue weighted by molar-refractivity contribution is 5.86. The molecule has 34 heavy (non-hydrogen) atoms. The van der Waals surface area contributed by atoms with Gasteiger partial charge in [-0.1, -0.05) is 0 Å². The van der Waals surface area contributed by atoms with Gasteiger partial charge in [-0.3, -0.25) is 0 Å². The lowest BCUT2D eigenvalue weighted by Crippen LogP contribution is -2.86. The molecule has 0 amide bonds. The molecule has 0 aromatic rings. The van der Waals surface area contributed by atoms with Crippen molar-refractivity contribution in [3.05, 3.63) is 23.8 Å². The average Bonchev–Trinajstić information content (AvgIpc) is 2.72. The van der Waals surface area contributed by atoms with Gasteiger partial charge >= 0.3 is 47.8 Å². The van der Waals surface area contributed by atoms with Crippen LogP contribution in [0.15, 0.2) is 23.8 Å². The van der Waals surface area contributed by atoms with E-state index < -0.39 is 84.0 Å². The van der Waals surface area contributed by atoms with Crippen LogP contribution in [0.3, 0.4) is 0 Å². The fourth-order valence-corrected chi connectivity index (χ4v) is 2.41. The van der Waals surface area contributed by atoms with Gasteiger partial charge in [-0.2, -0.15) is 61.5 Å². The van der Waals surface area contributed by atoms with Gasteiger partial charge in [0.15, 0.2) is 0 Å². The van der Waals surface area contributed by atoms with E-state index >= 15 is 0 Å². The first-order valence-electron chi connectivity index (χ1n) is 7.62. The second-order valence-electron chi connectivity index (χ2n) is 6.20. The van der Waals surface area contributed by atoms with Crippen LogP contribution in [0, 0.1) is 0 Å². The summed E-state index contributed by atoms with van der Waals surface area (Å²) in [4.78, 5) is 21.7.